The maximum atomic E-state index is 12.5. The molecule has 0 spiro atoms. The third kappa shape index (κ3) is 3.85. The second-order valence-electron chi connectivity index (χ2n) is 5.82. The second-order valence-corrected chi connectivity index (χ2v) is 5.82. The summed E-state index contributed by atoms with van der Waals surface area (Å²) >= 11 is 0. The predicted molar refractivity (Wildman–Crippen MR) is 96.0 cm³/mol. The number of ether oxygens (including phenoxy) is 1. The van der Waals surface area contributed by atoms with Crippen LogP contribution in [0.15, 0.2) is 53.3 Å². The number of aromatic nitrogens is 2. The average molecular weight is 337 g/mol. The number of carbonyl (C=O) groups is 1. The molecule has 3 rings (SSSR count). The zero-order valence-corrected chi connectivity index (χ0v) is 14.2. The van der Waals surface area contributed by atoms with Crippen LogP contribution in [0.5, 0.6) is 5.75 Å². The largest absolute Gasteiger partial charge is 0.492 e. The smallest absolute Gasteiger partial charge is 0.289 e. The van der Waals surface area contributed by atoms with Gasteiger partial charge in [-0.1, -0.05) is 29.8 Å². The summed E-state index contributed by atoms with van der Waals surface area (Å²) in [6.45, 7) is 2.74. The van der Waals surface area contributed by atoms with E-state index in [4.69, 9.17) is 4.74 Å². The molecule has 2 aromatic carbocycles. The van der Waals surface area contributed by atoms with Gasteiger partial charge in [0, 0.05) is 7.05 Å². The summed E-state index contributed by atoms with van der Waals surface area (Å²) in [5.41, 5.74) is 1.34. The number of nitrogens with one attached hydrogen (secondary N) is 1. The molecule has 0 radical (unpaired) electrons. The summed E-state index contributed by atoms with van der Waals surface area (Å²) in [7, 11) is 1.65. The number of aryl methyl sites for hydroxylation is 1. The highest BCUT2D eigenvalue weighted by molar-refractivity contribution is 5.92. The molecule has 0 bridgehead atoms. The molecule has 0 aliphatic rings. The number of carbonyl (C=O) groups excluding carboxylic acids is 1. The van der Waals surface area contributed by atoms with E-state index >= 15 is 0 Å². The highest BCUT2D eigenvalue weighted by Crippen LogP contribution is 2.11. The lowest BCUT2D eigenvalue weighted by atomic mass is 10.2. The van der Waals surface area contributed by atoms with Gasteiger partial charge in [-0.25, -0.2) is 4.98 Å². The van der Waals surface area contributed by atoms with Crippen LogP contribution in [0.4, 0.5) is 0 Å². The van der Waals surface area contributed by atoms with Crippen molar-refractivity contribution in [1.29, 1.82) is 0 Å². The molecule has 0 atom stereocenters. The van der Waals surface area contributed by atoms with Crippen molar-refractivity contribution in [3.8, 4) is 5.75 Å². The van der Waals surface area contributed by atoms with E-state index in [1.807, 2.05) is 31.2 Å². The quantitative estimate of drug-likeness (QED) is 0.776. The van der Waals surface area contributed by atoms with Crippen LogP contribution >= 0.6 is 0 Å². The molecule has 1 aromatic heterocycles. The molecule has 6 heteroatoms. The Morgan fingerprint density at radius 3 is 2.64 bits per heavy atom. The van der Waals surface area contributed by atoms with Gasteiger partial charge < -0.3 is 14.6 Å². The van der Waals surface area contributed by atoms with Gasteiger partial charge in [0.05, 0.1) is 17.4 Å². The Labute approximate surface area is 145 Å². The van der Waals surface area contributed by atoms with Crippen molar-refractivity contribution >= 4 is 16.8 Å². The van der Waals surface area contributed by atoms with Crippen LogP contribution in [-0.2, 0) is 0 Å². The molecule has 0 unspecified atom stereocenters. The van der Waals surface area contributed by atoms with Gasteiger partial charge in [-0.3, -0.25) is 9.59 Å². The normalized spacial score (nSPS) is 10.6. The van der Waals surface area contributed by atoms with Crippen LogP contribution in [0, 0.1) is 6.92 Å². The lowest BCUT2D eigenvalue weighted by molar-refractivity contribution is 0.0762. The van der Waals surface area contributed by atoms with E-state index in [1.165, 1.54) is 4.90 Å². The van der Waals surface area contributed by atoms with E-state index in [1.54, 1.807) is 31.3 Å². The van der Waals surface area contributed by atoms with Gasteiger partial charge in [-0.2, -0.15) is 0 Å². The van der Waals surface area contributed by atoms with Crippen molar-refractivity contribution in [2.75, 3.05) is 20.2 Å². The minimum absolute atomic E-state index is 0.0292. The first-order valence-electron chi connectivity index (χ1n) is 7.98. The van der Waals surface area contributed by atoms with E-state index in [9.17, 15) is 9.59 Å². The van der Waals surface area contributed by atoms with Gasteiger partial charge in [0.1, 0.15) is 12.4 Å². The molecule has 0 saturated heterocycles. The Hall–Kier alpha value is -3.15. The number of nitrogens with zero attached hydrogens (tertiary/aromatic N) is 2. The summed E-state index contributed by atoms with van der Waals surface area (Å²) in [5.74, 6) is 0.431. The van der Waals surface area contributed by atoms with Crippen LogP contribution < -0.4 is 10.3 Å². The number of amides is 1. The number of benzene rings is 2. The van der Waals surface area contributed by atoms with Crippen molar-refractivity contribution in [2.24, 2.45) is 0 Å². The number of hydrogen-bond donors (Lipinski definition) is 1. The number of H-pyrrole nitrogens is 1. The fourth-order valence-corrected chi connectivity index (χ4v) is 2.40. The zero-order chi connectivity index (χ0) is 17.8. The van der Waals surface area contributed by atoms with Crippen molar-refractivity contribution in [2.45, 2.75) is 6.92 Å². The van der Waals surface area contributed by atoms with Gasteiger partial charge in [0.25, 0.3) is 11.5 Å². The van der Waals surface area contributed by atoms with Crippen LogP contribution in [-0.4, -0.2) is 41.0 Å². The first-order chi connectivity index (χ1) is 12.0. The standard InChI is InChI=1S/C19H19N3O3/c1-13-7-9-14(10-8-13)25-12-11-22(2)19(24)17-20-16-6-4-3-5-15(16)18(23)21-17/h3-10H,11-12H2,1-2H3,(H,20,21,23). The second kappa shape index (κ2) is 7.17. The molecular formula is C19H19N3O3. The number of hydrogen-bond acceptors (Lipinski definition) is 4. The molecule has 6 nitrogen and oxygen atoms in total. The SMILES string of the molecule is Cc1ccc(OCCN(C)C(=O)c2nc3ccccc3c(=O)[nH]2)cc1. The van der Waals surface area contributed by atoms with E-state index < -0.39 is 0 Å². The maximum absolute atomic E-state index is 12.5. The summed E-state index contributed by atoms with van der Waals surface area (Å²) < 4.78 is 5.63. The van der Waals surface area contributed by atoms with Crippen LogP contribution in [0.25, 0.3) is 10.9 Å². The minimum atomic E-state index is -0.352. The van der Waals surface area contributed by atoms with Crippen LogP contribution in [0.2, 0.25) is 0 Å². The Morgan fingerprint density at radius 2 is 1.88 bits per heavy atom. The van der Waals surface area contributed by atoms with Crippen LogP contribution in [0.1, 0.15) is 16.2 Å². The fourth-order valence-electron chi connectivity index (χ4n) is 2.40. The topological polar surface area (TPSA) is 75.3 Å². The van der Waals surface area contributed by atoms with Crippen molar-refractivity contribution in [1.82, 2.24) is 14.9 Å². The lowest BCUT2D eigenvalue weighted by Crippen LogP contribution is -2.33. The first kappa shape index (κ1) is 16.7. The Morgan fingerprint density at radius 1 is 1.16 bits per heavy atom. The van der Waals surface area contributed by atoms with Gasteiger partial charge in [0.2, 0.25) is 0 Å². The fraction of sp³-hybridized carbons (Fsp3) is 0.211. The number of likely N-dealkylation sites (N-methyl/N-ethyl adjacent to an activating group) is 1. The highest BCUT2D eigenvalue weighted by atomic mass is 16.5. The molecule has 1 N–H and O–H groups in total. The van der Waals surface area contributed by atoms with Crippen molar-refractivity contribution in [3.63, 3.8) is 0 Å². The zero-order valence-electron chi connectivity index (χ0n) is 14.2. The van der Waals surface area contributed by atoms with E-state index in [0.29, 0.717) is 24.1 Å². The maximum Gasteiger partial charge on any atom is 0.289 e. The number of para-hydroxylation sites is 1. The molecular weight excluding hydrogens is 318 g/mol. The molecule has 128 valence electrons. The monoisotopic (exact) mass is 337 g/mol. The molecule has 1 amide bonds. The molecule has 0 saturated carbocycles. The Balaban J connectivity index is 1.66. The van der Waals surface area contributed by atoms with Gasteiger partial charge >= 0.3 is 0 Å². The van der Waals surface area contributed by atoms with E-state index in [2.05, 4.69) is 9.97 Å². The Bertz CT molecular complexity index is 948. The van der Waals surface area contributed by atoms with E-state index in [0.717, 1.165) is 11.3 Å². The number of fused-ring (bicyclic) bond motifs is 1. The predicted octanol–water partition coefficient (Wildman–Crippen LogP) is 2.38. The molecule has 3 aromatic rings. The molecule has 0 aliphatic carbocycles. The molecule has 0 aliphatic heterocycles. The van der Waals surface area contributed by atoms with Gasteiger partial charge in [-0.15, -0.1) is 0 Å². The Kier molecular flexibility index (Phi) is 4.79. The first-order valence-corrected chi connectivity index (χ1v) is 7.98. The third-order valence-electron chi connectivity index (χ3n) is 3.88. The minimum Gasteiger partial charge on any atom is -0.492 e. The van der Waals surface area contributed by atoms with Crippen molar-refractivity contribution in [3.05, 3.63) is 70.3 Å². The molecule has 1 heterocycles. The van der Waals surface area contributed by atoms with Crippen LogP contribution in [0.3, 0.4) is 0 Å². The summed E-state index contributed by atoms with van der Waals surface area (Å²) in [6, 6.07) is 14.6. The molecule has 0 fully saturated rings. The number of aromatic amines is 1. The van der Waals surface area contributed by atoms with Gasteiger partial charge in [-0.05, 0) is 31.2 Å². The highest BCUT2D eigenvalue weighted by Gasteiger charge is 2.15. The summed E-state index contributed by atoms with van der Waals surface area (Å²) in [6.07, 6.45) is 0. The molecule has 25 heavy (non-hydrogen) atoms. The number of rotatable bonds is 5. The third-order valence-corrected chi connectivity index (χ3v) is 3.88. The lowest BCUT2D eigenvalue weighted by Gasteiger charge is -2.17. The van der Waals surface area contributed by atoms with Gasteiger partial charge in [0.15, 0.2) is 5.82 Å². The average Bonchev–Trinajstić information content (AvgIpc) is 2.62. The van der Waals surface area contributed by atoms with Crippen molar-refractivity contribution < 1.29 is 9.53 Å². The van der Waals surface area contributed by atoms with E-state index in [-0.39, 0.29) is 17.3 Å². The summed E-state index contributed by atoms with van der Waals surface area (Å²) in [5, 5.41) is 0.462. The summed E-state index contributed by atoms with van der Waals surface area (Å²) in [4.78, 5) is 32.8.